The second kappa shape index (κ2) is 11.0. The van der Waals surface area contributed by atoms with E-state index in [0.29, 0.717) is 31.6 Å². The number of carbonyl (C=O) groups is 5. The van der Waals surface area contributed by atoms with Crippen molar-refractivity contribution >= 4 is 41.5 Å². The molecular formula is C20H30N4O7S. The van der Waals surface area contributed by atoms with Crippen molar-refractivity contribution in [1.29, 1.82) is 0 Å². The van der Waals surface area contributed by atoms with Crippen LogP contribution in [0.25, 0.3) is 0 Å². The van der Waals surface area contributed by atoms with Crippen LogP contribution >= 0.6 is 11.8 Å². The van der Waals surface area contributed by atoms with E-state index in [0.717, 1.165) is 30.7 Å². The van der Waals surface area contributed by atoms with Gasteiger partial charge in [-0.3, -0.25) is 19.2 Å². The molecule has 3 rings (SSSR count). The fourth-order valence-corrected chi connectivity index (χ4v) is 5.90. The zero-order valence-electron chi connectivity index (χ0n) is 17.8. The number of nitrogens with zero attached hydrogens (tertiary/aromatic N) is 2. The molecule has 0 aromatic carbocycles. The maximum Gasteiger partial charge on any atom is 0.337 e. The number of hydrogen-bond donors (Lipinski definition) is 4. The molecule has 11 nitrogen and oxygen atoms in total. The molecule has 12 heteroatoms. The van der Waals surface area contributed by atoms with E-state index in [2.05, 4.69) is 10.6 Å². The van der Waals surface area contributed by atoms with Crippen LogP contribution in [0, 0.1) is 0 Å². The van der Waals surface area contributed by atoms with Gasteiger partial charge >= 0.3 is 12.0 Å². The summed E-state index contributed by atoms with van der Waals surface area (Å²) in [5.41, 5.74) is 0. The number of aliphatic hydroxyl groups is 1. The number of amides is 5. The fraction of sp³-hybridized carbons (Fsp3) is 0.750. The maximum atomic E-state index is 12.4. The molecule has 0 spiro atoms. The number of aliphatic carboxylic acids is 1. The van der Waals surface area contributed by atoms with Crippen molar-refractivity contribution in [3.05, 3.63) is 0 Å². The molecule has 0 saturated carbocycles. The van der Waals surface area contributed by atoms with Crippen LogP contribution in [-0.4, -0.2) is 85.7 Å². The molecule has 3 aliphatic rings. The van der Waals surface area contributed by atoms with E-state index in [9.17, 15) is 29.1 Å². The van der Waals surface area contributed by atoms with Gasteiger partial charge in [-0.1, -0.05) is 12.8 Å². The largest absolute Gasteiger partial charge is 0.481 e. The number of carbonyl (C=O) groups excluding carboxylic acids is 4. The number of fused-ring (bicyclic) bond motifs is 1. The summed E-state index contributed by atoms with van der Waals surface area (Å²) < 4.78 is 0. The first-order valence-electron chi connectivity index (χ1n) is 11.0. The van der Waals surface area contributed by atoms with Gasteiger partial charge in [-0.2, -0.15) is 16.8 Å². The summed E-state index contributed by atoms with van der Waals surface area (Å²) in [6, 6.07) is -1.01. The molecule has 178 valence electrons. The molecule has 4 atom stereocenters. The van der Waals surface area contributed by atoms with Crippen LogP contribution in [-0.2, 0) is 19.2 Å². The van der Waals surface area contributed by atoms with E-state index in [4.69, 9.17) is 5.11 Å². The number of unbranched alkanes of at least 4 members (excludes halogenated alkanes) is 3. The summed E-state index contributed by atoms with van der Waals surface area (Å²) in [7, 11) is 0. The van der Waals surface area contributed by atoms with Crippen molar-refractivity contribution in [3.8, 4) is 0 Å². The highest BCUT2D eigenvalue weighted by molar-refractivity contribution is 8.00. The molecule has 0 radical (unpaired) electrons. The zero-order valence-corrected chi connectivity index (χ0v) is 18.6. The van der Waals surface area contributed by atoms with Crippen LogP contribution in [0.2, 0.25) is 0 Å². The molecule has 0 aliphatic carbocycles. The zero-order chi connectivity index (χ0) is 23.3. The van der Waals surface area contributed by atoms with Gasteiger partial charge in [0.05, 0.1) is 18.5 Å². The third-order valence-electron chi connectivity index (χ3n) is 5.93. The van der Waals surface area contributed by atoms with Crippen LogP contribution in [0.1, 0.15) is 57.8 Å². The molecule has 0 aromatic heterocycles. The minimum absolute atomic E-state index is 0.0228. The van der Waals surface area contributed by atoms with Gasteiger partial charge in [-0.25, -0.2) is 9.80 Å². The Morgan fingerprint density at radius 1 is 1.09 bits per heavy atom. The molecule has 3 aliphatic heterocycles. The Morgan fingerprint density at radius 2 is 1.84 bits per heavy atom. The second-order valence-electron chi connectivity index (χ2n) is 8.33. The quantitative estimate of drug-likeness (QED) is 0.179. The van der Waals surface area contributed by atoms with Crippen LogP contribution in [0.3, 0.4) is 0 Å². The molecule has 3 saturated heterocycles. The topological polar surface area (TPSA) is 156 Å². The summed E-state index contributed by atoms with van der Waals surface area (Å²) in [5, 5.41) is 26.0. The Bertz CT molecular complexity index is 764. The predicted octanol–water partition coefficient (Wildman–Crippen LogP) is 0.221. The van der Waals surface area contributed by atoms with Crippen molar-refractivity contribution in [2.75, 3.05) is 12.3 Å². The van der Waals surface area contributed by atoms with E-state index in [1.165, 1.54) is 5.01 Å². The first kappa shape index (κ1) is 24.3. The highest BCUT2D eigenvalue weighted by atomic mass is 32.2. The molecule has 5 amide bonds. The molecular weight excluding hydrogens is 440 g/mol. The normalized spacial score (nSPS) is 27.1. The van der Waals surface area contributed by atoms with E-state index < -0.39 is 29.9 Å². The van der Waals surface area contributed by atoms with Gasteiger partial charge in [0, 0.05) is 30.4 Å². The molecule has 0 bridgehead atoms. The minimum atomic E-state index is -1.41. The van der Waals surface area contributed by atoms with Gasteiger partial charge in [-0.05, 0) is 25.7 Å². The monoisotopic (exact) mass is 470 g/mol. The average Bonchev–Trinajstić information content (AvgIpc) is 3.34. The molecule has 3 fully saturated rings. The van der Waals surface area contributed by atoms with Crippen LogP contribution in [0.5, 0.6) is 0 Å². The smallest absolute Gasteiger partial charge is 0.337 e. The first-order chi connectivity index (χ1) is 15.3. The lowest BCUT2D eigenvalue weighted by Gasteiger charge is -2.32. The molecule has 3 heterocycles. The van der Waals surface area contributed by atoms with Crippen LogP contribution < -0.4 is 10.6 Å². The van der Waals surface area contributed by atoms with Crippen LogP contribution in [0.15, 0.2) is 0 Å². The van der Waals surface area contributed by atoms with Crippen molar-refractivity contribution in [2.45, 2.75) is 81.2 Å². The molecule has 4 N–H and O–H groups in total. The summed E-state index contributed by atoms with van der Waals surface area (Å²) in [4.78, 5) is 59.2. The van der Waals surface area contributed by atoms with Gasteiger partial charge in [0.25, 0.3) is 11.8 Å². The highest BCUT2D eigenvalue weighted by Crippen LogP contribution is 2.39. The number of carboxylic acids is 1. The Labute approximate surface area is 190 Å². The number of urea groups is 1. The number of carboxylic acid groups (broad SMARTS) is 1. The van der Waals surface area contributed by atoms with E-state index in [-0.39, 0.29) is 36.1 Å². The van der Waals surface area contributed by atoms with Crippen molar-refractivity contribution in [1.82, 2.24) is 20.7 Å². The van der Waals surface area contributed by atoms with Gasteiger partial charge in [0.1, 0.15) is 6.10 Å². The summed E-state index contributed by atoms with van der Waals surface area (Å²) in [5.74, 6) is -1.51. The molecule has 1 unspecified atom stereocenters. The van der Waals surface area contributed by atoms with Crippen LogP contribution in [0.4, 0.5) is 4.79 Å². The minimum Gasteiger partial charge on any atom is -0.481 e. The fourth-order valence-electron chi connectivity index (χ4n) is 4.33. The SMILES string of the molecule is O=C(O)CCCCCNC(=O)CCCC[C@@H]1SC[C@@H]2NC(=O)N(N3C(=O)CC(O)C3=O)[C@@H]21. The van der Waals surface area contributed by atoms with Gasteiger partial charge in [0.2, 0.25) is 5.91 Å². The van der Waals surface area contributed by atoms with E-state index in [1.54, 1.807) is 11.8 Å². The number of hydrazine groups is 1. The lowest BCUT2D eigenvalue weighted by molar-refractivity contribution is -0.156. The van der Waals surface area contributed by atoms with E-state index in [1.807, 2.05) is 0 Å². The third kappa shape index (κ3) is 5.71. The van der Waals surface area contributed by atoms with Gasteiger partial charge in [-0.15, -0.1) is 0 Å². The Morgan fingerprint density at radius 3 is 2.53 bits per heavy atom. The maximum absolute atomic E-state index is 12.4. The number of imide groups is 1. The molecule has 32 heavy (non-hydrogen) atoms. The number of nitrogens with one attached hydrogen (secondary N) is 2. The number of thioether (sulfide) groups is 1. The van der Waals surface area contributed by atoms with E-state index >= 15 is 0 Å². The lowest BCUT2D eigenvalue weighted by atomic mass is 10.0. The summed E-state index contributed by atoms with van der Waals surface area (Å²) >= 11 is 1.67. The van der Waals surface area contributed by atoms with Gasteiger partial charge in [0.15, 0.2) is 0 Å². The van der Waals surface area contributed by atoms with Crippen molar-refractivity contribution in [3.63, 3.8) is 0 Å². The average molecular weight is 471 g/mol. The number of rotatable bonds is 12. The molecule has 0 aromatic rings. The first-order valence-corrected chi connectivity index (χ1v) is 12.1. The highest BCUT2D eigenvalue weighted by Gasteiger charge is 2.55. The van der Waals surface area contributed by atoms with Crippen molar-refractivity contribution < 1.29 is 34.2 Å². The summed E-state index contributed by atoms with van der Waals surface area (Å²) in [6.45, 7) is 0.535. The number of aliphatic hydroxyl groups excluding tert-OH is 1. The second-order valence-corrected chi connectivity index (χ2v) is 9.60. The lowest BCUT2D eigenvalue weighted by Crippen LogP contribution is -2.54. The Hall–Kier alpha value is -2.34. The summed E-state index contributed by atoms with van der Waals surface area (Å²) in [6.07, 6.45) is 3.11. The number of hydrogen-bond acceptors (Lipinski definition) is 7. The third-order valence-corrected chi connectivity index (χ3v) is 7.42. The Kier molecular flexibility index (Phi) is 8.35. The standard InChI is InChI=1S/C20H30N4O7S/c25-13-10-16(27)23(19(13)30)24-18-12(22-20(24)31)11-32-14(18)6-3-4-7-15(26)21-9-5-1-2-8-17(28)29/h12-14,18,25H,1-11H2,(H,21,26)(H,22,31)(H,28,29)/t12-,13?,14-,18-/m0/s1. The van der Waals surface area contributed by atoms with Crippen molar-refractivity contribution in [2.24, 2.45) is 0 Å². The Balaban J connectivity index is 1.39. The predicted molar refractivity (Wildman–Crippen MR) is 114 cm³/mol. The van der Waals surface area contributed by atoms with Gasteiger partial charge < -0.3 is 20.8 Å².